The number of rotatable bonds is 7. The van der Waals surface area contributed by atoms with E-state index >= 15 is 0 Å². The number of anilines is 2. The average molecular weight is 524 g/mol. The van der Waals surface area contributed by atoms with E-state index in [2.05, 4.69) is 10.6 Å². The fourth-order valence-corrected chi connectivity index (χ4v) is 5.52. The van der Waals surface area contributed by atoms with Gasteiger partial charge in [0, 0.05) is 23.9 Å². The lowest BCUT2D eigenvalue weighted by Gasteiger charge is -2.27. The molecule has 3 N–H and O–H groups in total. The molecule has 2 amide bonds. The van der Waals surface area contributed by atoms with Crippen LogP contribution < -0.4 is 14.9 Å². The third-order valence-electron chi connectivity index (χ3n) is 6.08. The Hall–Kier alpha value is -3.85. The van der Waals surface area contributed by atoms with Crippen LogP contribution in [0.5, 0.6) is 5.75 Å². The van der Waals surface area contributed by atoms with Crippen molar-refractivity contribution in [1.29, 1.82) is 0 Å². The number of amides is 2. The zero-order chi connectivity index (χ0) is 27.5. The molecule has 0 aliphatic carbocycles. The highest BCUT2D eigenvalue weighted by molar-refractivity contribution is 7.92. The number of sulfonamides is 1. The molecule has 9 heteroatoms. The number of carbonyl (C=O) groups excluding carboxylic acids is 2. The minimum Gasteiger partial charge on any atom is -0.507 e. The second-order valence-electron chi connectivity index (χ2n) is 9.84. The van der Waals surface area contributed by atoms with E-state index in [0.717, 1.165) is 9.87 Å². The van der Waals surface area contributed by atoms with Gasteiger partial charge < -0.3 is 15.7 Å². The fourth-order valence-electron chi connectivity index (χ4n) is 4.02. The Balaban J connectivity index is 2.07. The van der Waals surface area contributed by atoms with Gasteiger partial charge in [0.05, 0.1) is 10.6 Å². The van der Waals surface area contributed by atoms with Gasteiger partial charge in [-0.25, -0.2) is 8.42 Å². The Morgan fingerprint density at radius 1 is 0.973 bits per heavy atom. The first kappa shape index (κ1) is 27.7. The summed E-state index contributed by atoms with van der Waals surface area (Å²) in [6, 6.07) is 16.0. The maximum atomic E-state index is 13.7. The van der Waals surface area contributed by atoms with Gasteiger partial charge in [-0.15, -0.1) is 0 Å². The van der Waals surface area contributed by atoms with E-state index in [-0.39, 0.29) is 27.7 Å². The molecule has 3 aromatic rings. The summed E-state index contributed by atoms with van der Waals surface area (Å²) in [5, 5.41) is 15.9. The normalized spacial score (nSPS) is 11.6. The minimum atomic E-state index is -4.16. The Bertz CT molecular complexity index is 1430. The number of hydrogen-bond acceptors (Lipinski definition) is 5. The quantitative estimate of drug-likeness (QED) is 0.422. The number of phenolic OH excluding ortho intramolecular Hbond substituents is 1. The number of nitrogens with one attached hydrogen (secondary N) is 2. The van der Waals surface area contributed by atoms with Gasteiger partial charge in [0.1, 0.15) is 12.3 Å². The lowest BCUT2D eigenvalue weighted by atomic mass is 9.85. The topological polar surface area (TPSA) is 116 Å². The minimum absolute atomic E-state index is 0.0132. The summed E-state index contributed by atoms with van der Waals surface area (Å²) in [4.78, 5) is 25.6. The number of aryl methyl sites for hydroxylation is 1. The molecular formula is C28H33N3O5S. The fraction of sp³-hybridized carbons (Fsp3) is 0.286. The Morgan fingerprint density at radius 2 is 1.62 bits per heavy atom. The Labute approximate surface area is 218 Å². The van der Waals surface area contributed by atoms with Crippen molar-refractivity contribution in [2.24, 2.45) is 0 Å². The van der Waals surface area contributed by atoms with E-state index in [1.54, 1.807) is 62.4 Å². The van der Waals surface area contributed by atoms with Crippen LogP contribution in [0.25, 0.3) is 0 Å². The van der Waals surface area contributed by atoms with Gasteiger partial charge in [-0.1, -0.05) is 51.1 Å². The van der Waals surface area contributed by atoms with Gasteiger partial charge in [-0.05, 0) is 60.7 Å². The molecule has 0 unspecified atom stereocenters. The molecule has 0 aromatic heterocycles. The number of hydrogen-bond donors (Lipinski definition) is 3. The number of aromatic hydroxyl groups is 1. The third kappa shape index (κ3) is 5.94. The SMILES string of the molecule is CNC(=O)c1ccc(C(C)(C)C)c(NC(=O)CN(c2ccc(C)c(O)c2C)S(=O)(=O)c2ccccc2)c1. The second kappa shape index (κ2) is 10.6. The van der Waals surface area contributed by atoms with Crippen molar-refractivity contribution in [3.63, 3.8) is 0 Å². The predicted octanol–water partition coefficient (Wildman–Crippen LogP) is 4.50. The maximum Gasteiger partial charge on any atom is 0.264 e. The first-order chi connectivity index (χ1) is 17.3. The summed E-state index contributed by atoms with van der Waals surface area (Å²) in [5.74, 6) is -0.951. The summed E-state index contributed by atoms with van der Waals surface area (Å²) in [5.41, 5.74) is 2.32. The van der Waals surface area contributed by atoms with Gasteiger partial charge >= 0.3 is 0 Å². The highest BCUT2D eigenvalue weighted by Crippen LogP contribution is 2.34. The van der Waals surface area contributed by atoms with Crippen LogP contribution in [0, 0.1) is 13.8 Å². The van der Waals surface area contributed by atoms with E-state index in [4.69, 9.17) is 0 Å². The zero-order valence-electron chi connectivity index (χ0n) is 21.9. The second-order valence-corrected chi connectivity index (χ2v) is 11.7. The molecule has 8 nitrogen and oxygen atoms in total. The van der Waals surface area contributed by atoms with E-state index in [1.807, 2.05) is 20.8 Å². The lowest BCUT2D eigenvalue weighted by molar-refractivity contribution is -0.114. The van der Waals surface area contributed by atoms with Crippen LogP contribution in [0.2, 0.25) is 0 Å². The molecule has 0 radical (unpaired) electrons. The first-order valence-electron chi connectivity index (χ1n) is 11.8. The first-order valence-corrected chi connectivity index (χ1v) is 13.2. The van der Waals surface area contributed by atoms with Crippen LogP contribution in [-0.4, -0.2) is 38.9 Å². The van der Waals surface area contributed by atoms with Crippen LogP contribution in [0.3, 0.4) is 0 Å². The van der Waals surface area contributed by atoms with Gasteiger partial charge in [0.25, 0.3) is 15.9 Å². The maximum absolute atomic E-state index is 13.7. The van der Waals surface area contributed by atoms with Crippen molar-refractivity contribution in [3.8, 4) is 5.75 Å². The summed E-state index contributed by atoms with van der Waals surface area (Å²) >= 11 is 0. The molecule has 0 saturated heterocycles. The largest absolute Gasteiger partial charge is 0.507 e. The van der Waals surface area contributed by atoms with Crippen LogP contribution in [-0.2, 0) is 20.2 Å². The molecule has 0 fully saturated rings. The molecule has 3 rings (SSSR count). The molecule has 0 aliphatic heterocycles. The Morgan fingerprint density at radius 3 is 2.22 bits per heavy atom. The van der Waals surface area contributed by atoms with Crippen LogP contribution in [0.4, 0.5) is 11.4 Å². The third-order valence-corrected chi connectivity index (χ3v) is 7.86. The van der Waals surface area contributed by atoms with Crippen LogP contribution in [0.15, 0.2) is 65.6 Å². The van der Waals surface area contributed by atoms with Crippen molar-refractivity contribution >= 4 is 33.2 Å². The molecule has 0 atom stereocenters. The highest BCUT2D eigenvalue weighted by atomic mass is 32.2. The molecule has 3 aromatic carbocycles. The standard InChI is InChI=1S/C28H33N3O5S/c1-18-12-15-24(19(2)26(18)33)31(37(35,36)21-10-8-7-9-11-21)17-25(32)30-23-16-20(27(34)29-6)13-14-22(23)28(3,4)5/h7-16,33H,17H2,1-6H3,(H,29,34)(H,30,32). The van der Waals surface area contributed by atoms with Gasteiger partial charge in [0.15, 0.2) is 0 Å². The summed E-state index contributed by atoms with van der Waals surface area (Å²) in [7, 11) is -2.64. The van der Waals surface area contributed by atoms with Crippen molar-refractivity contribution in [2.45, 2.75) is 44.9 Å². The van der Waals surface area contributed by atoms with Crippen LogP contribution >= 0.6 is 0 Å². The number of benzene rings is 3. The zero-order valence-corrected chi connectivity index (χ0v) is 22.7. The number of carbonyl (C=O) groups is 2. The van der Waals surface area contributed by atoms with Gasteiger partial charge in [-0.3, -0.25) is 13.9 Å². The molecule has 0 aliphatic rings. The van der Waals surface area contributed by atoms with Crippen molar-refractivity contribution < 1.29 is 23.1 Å². The van der Waals surface area contributed by atoms with Crippen LogP contribution in [0.1, 0.15) is 47.8 Å². The monoisotopic (exact) mass is 523 g/mol. The Kier molecular flexibility index (Phi) is 7.97. The number of phenols is 1. The molecule has 0 bridgehead atoms. The summed E-state index contributed by atoms with van der Waals surface area (Å²) < 4.78 is 28.4. The van der Waals surface area contributed by atoms with Gasteiger partial charge in [-0.2, -0.15) is 0 Å². The predicted molar refractivity (Wildman–Crippen MR) is 146 cm³/mol. The van der Waals surface area contributed by atoms with E-state index in [0.29, 0.717) is 22.4 Å². The van der Waals surface area contributed by atoms with E-state index < -0.39 is 22.5 Å². The number of nitrogens with zero attached hydrogens (tertiary/aromatic N) is 1. The van der Waals surface area contributed by atoms with E-state index in [1.165, 1.54) is 19.2 Å². The average Bonchev–Trinajstić information content (AvgIpc) is 2.85. The molecule has 0 saturated carbocycles. The van der Waals surface area contributed by atoms with Crippen molar-refractivity contribution in [1.82, 2.24) is 5.32 Å². The lowest BCUT2D eigenvalue weighted by Crippen LogP contribution is -2.39. The molecule has 0 heterocycles. The van der Waals surface area contributed by atoms with Gasteiger partial charge in [0.2, 0.25) is 5.91 Å². The van der Waals surface area contributed by atoms with Crippen molar-refractivity contribution in [3.05, 3.63) is 82.9 Å². The van der Waals surface area contributed by atoms with Crippen molar-refractivity contribution in [2.75, 3.05) is 23.2 Å². The molecule has 37 heavy (non-hydrogen) atoms. The molecular weight excluding hydrogens is 490 g/mol. The van der Waals surface area contributed by atoms with E-state index in [9.17, 15) is 23.1 Å². The summed E-state index contributed by atoms with van der Waals surface area (Å²) in [6.07, 6.45) is 0. The summed E-state index contributed by atoms with van der Waals surface area (Å²) in [6.45, 7) is 8.69. The molecule has 196 valence electrons. The highest BCUT2D eigenvalue weighted by Gasteiger charge is 2.30. The molecule has 0 spiro atoms. The smallest absolute Gasteiger partial charge is 0.264 e.